The Morgan fingerprint density at radius 1 is 0.897 bits per heavy atom. The molecule has 0 saturated heterocycles. The van der Waals surface area contributed by atoms with Crippen LogP contribution in [-0.2, 0) is 6.18 Å². The van der Waals surface area contributed by atoms with Crippen molar-refractivity contribution in [3.8, 4) is 11.3 Å². The first-order chi connectivity index (χ1) is 18.7. The minimum absolute atomic E-state index is 0.0708. The smallest absolute Gasteiger partial charge is 0.417 e. The fourth-order valence-electron chi connectivity index (χ4n) is 3.81. The predicted octanol–water partition coefficient (Wildman–Crippen LogP) is 7.76. The Morgan fingerprint density at radius 3 is 2.41 bits per heavy atom. The molecule has 0 radical (unpaired) electrons. The number of nitrogens with zero attached hydrogens (tertiary/aromatic N) is 2. The Labute approximate surface area is 223 Å². The van der Waals surface area contributed by atoms with Gasteiger partial charge in [0.1, 0.15) is 17.9 Å². The Balaban J connectivity index is 1.34. The Hall–Kier alpha value is -4.90. The number of aromatic nitrogens is 2. The summed E-state index contributed by atoms with van der Waals surface area (Å²) in [5, 5.41) is 8.36. The van der Waals surface area contributed by atoms with Crippen LogP contribution in [0.5, 0.6) is 0 Å². The van der Waals surface area contributed by atoms with E-state index in [0.717, 1.165) is 17.7 Å². The maximum Gasteiger partial charge on any atom is 0.417 e. The van der Waals surface area contributed by atoms with Crippen LogP contribution in [0.25, 0.3) is 22.2 Å². The Morgan fingerprint density at radius 2 is 1.67 bits per heavy atom. The quantitative estimate of drug-likeness (QED) is 0.186. The highest BCUT2D eigenvalue weighted by molar-refractivity contribution is 6.31. The largest absolute Gasteiger partial charge is 0.453 e. The van der Waals surface area contributed by atoms with Gasteiger partial charge in [0.25, 0.3) is 0 Å². The third-order valence-electron chi connectivity index (χ3n) is 5.58. The summed E-state index contributed by atoms with van der Waals surface area (Å²) in [6.45, 7) is 0. The summed E-state index contributed by atoms with van der Waals surface area (Å²) in [5.41, 5.74) is 1.21. The molecule has 0 fully saturated rings. The highest BCUT2D eigenvalue weighted by atomic mass is 35.5. The molecule has 39 heavy (non-hydrogen) atoms. The van der Waals surface area contributed by atoms with Gasteiger partial charge in [-0.2, -0.15) is 13.2 Å². The van der Waals surface area contributed by atoms with Crippen molar-refractivity contribution >= 4 is 57.7 Å². The number of alkyl halides is 3. The molecule has 2 aromatic heterocycles. The second kappa shape index (κ2) is 10.5. The van der Waals surface area contributed by atoms with Crippen molar-refractivity contribution in [3.05, 3.63) is 95.5 Å². The van der Waals surface area contributed by atoms with Crippen molar-refractivity contribution in [2.75, 3.05) is 16.0 Å². The molecular formula is C27H17ClF3N5O3. The average Bonchev–Trinajstić information content (AvgIpc) is 3.39. The van der Waals surface area contributed by atoms with Crippen LogP contribution < -0.4 is 16.0 Å². The van der Waals surface area contributed by atoms with Crippen molar-refractivity contribution in [3.63, 3.8) is 0 Å². The summed E-state index contributed by atoms with van der Waals surface area (Å²) in [6.07, 6.45) is -2.64. The fourth-order valence-corrected chi connectivity index (χ4v) is 4.03. The molecule has 5 rings (SSSR count). The predicted molar refractivity (Wildman–Crippen MR) is 141 cm³/mol. The molecule has 8 nitrogen and oxygen atoms in total. The Kier molecular flexibility index (Phi) is 6.90. The van der Waals surface area contributed by atoms with E-state index in [1.165, 1.54) is 12.4 Å². The lowest BCUT2D eigenvalue weighted by Crippen LogP contribution is -2.20. The maximum atomic E-state index is 13.1. The third-order valence-corrected chi connectivity index (χ3v) is 5.91. The molecule has 3 aromatic carbocycles. The molecule has 5 aromatic rings. The molecule has 0 unspecified atom stereocenters. The fraction of sp³-hybridized carbons (Fsp3) is 0.0370. The molecule has 2 amide bonds. The number of carbonyl (C=O) groups excluding carboxylic acids is 2. The van der Waals surface area contributed by atoms with Gasteiger partial charge in [-0.25, -0.2) is 14.8 Å². The van der Waals surface area contributed by atoms with E-state index in [-0.39, 0.29) is 11.4 Å². The molecule has 3 N–H and O–H groups in total. The van der Waals surface area contributed by atoms with Crippen LogP contribution in [-0.4, -0.2) is 22.3 Å². The van der Waals surface area contributed by atoms with Crippen LogP contribution in [0.1, 0.15) is 16.1 Å². The first-order valence-corrected chi connectivity index (χ1v) is 11.7. The third kappa shape index (κ3) is 5.83. The summed E-state index contributed by atoms with van der Waals surface area (Å²) < 4.78 is 44.8. The van der Waals surface area contributed by atoms with E-state index in [4.69, 9.17) is 16.0 Å². The molecular weight excluding hydrogens is 535 g/mol. The molecule has 0 bridgehead atoms. The lowest BCUT2D eigenvalue weighted by atomic mass is 10.1. The van der Waals surface area contributed by atoms with E-state index in [1.54, 1.807) is 42.5 Å². The van der Waals surface area contributed by atoms with Gasteiger partial charge in [-0.1, -0.05) is 17.7 Å². The van der Waals surface area contributed by atoms with Gasteiger partial charge in [-0.3, -0.25) is 4.79 Å². The molecule has 12 heteroatoms. The number of carbonyl (C=O) groups is 2. The monoisotopic (exact) mass is 551 g/mol. The van der Waals surface area contributed by atoms with Crippen molar-refractivity contribution in [1.82, 2.24) is 9.97 Å². The van der Waals surface area contributed by atoms with Crippen molar-refractivity contribution < 1.29 is 27.2 Å². The van der Waals surface area contributed by atoms with Crippen LogP contribution >= 0.6 is 11.6 Å². The number of anilines is 4. The summed E-state index contributed by atoms with van der Waals surface area (Å²) in [6, 6.07) is 17.7. The average molecular weight is 552 g/mol. The van der Waals surface area contributed by atoms with E-state index in [2.05, 4.69) is 25.9 Å². The molecule has 0 aliphatic rings. The van der Waals surface area contributed by atoms with Gasteiger partial charge in [0.05, 0.1) is 16.1 Å². The van der Waals surface area contributed by atoms with E-state index in [1.807, 2.05) is 12.1 Å². The maximum absolute atomic E-state index is 13.1. The van der Waals surface area contributed by atoms with E-state index in [0.29, 0.717) is 40.1 Å². The van der Waals surface area contributed by atoms with E-state index in [9.17, 15) is 22.8 Å². The molecule has 0 aliphatic carbocycles. The topological polar surface area (TPSA) is 109 Å². The molecule has 196 valence electrons. The van der Waals surface area contributed by atoms with Crippen LogP contribution in [0.4, 0.5) is 40.8 Å². The second-order valence-electron chi connectivity index (χ2n) is 8.25. The Bertz CT molecular complexity index is 1700. The van der Waals surface area contributed by atoms with Gasteiger partial charge in [-0.05, 0) is 66.7 Å². The van der Waals surface area contributed by atoms with E-state index >= 15 is 0 Å². The van der Waals surface area contributed by atoms with Gasteiger partial charge in [0, 0.05) is 28.0 Å². The second-order valence-corrected chi connectivity index (χ2v) is 8.66. The van der Waals surface area contributed by atoms with Crippen LogP contribution in [0.3, 0.4) is 0 Å². The minimum atomic E-state index is -4.66. The van der Waals surface area contributed by atoms with Gasteiger partial charge in [-0.15, -0.1) is 0 Å². The zero-order chi connectivity index (χ0) is 27.6. The standard InChI is InChI=1S/C27H17ClF3N5O3/c28-22-7-5-18(12-21(22)27(29,30)31)36-26(38)35-17-3-1-2-16(11-17)34-25-20-10-15(4-8-23(20)32-14-33-25)24-9-6-19(13-37)39-24/h1-14H,(H,32,33,34)(H2,35,36,38). The number of hydrogen-bond acceptors (Lipinski definition) is 6. The lowest BCUT2D eigenvalue weighted by molar-refractivity contribution is -0.137. The molecule has 0 spiro atoms. The highest BCUT2D eigenvalue weighted by Gasteiger charge is 2.33. The number of urea groups is 1. The van der Waals surface area contributed by atoms with Gasteiger partial charge in [0.15, 0.2) is 12.0 Å². The lowest BCUT2D eigenvalue weighted by Gasteiger charge is -2.13. The van der Waals surface area contributed by atoms with Gasteiger partial charge in [0.2, 0.25) is 0 Å². The summed E-state index contributed by atoms with van der Waals surface area (Å²) in [5.74, 6) is 1.19. The number of furan rings is 1. The first kappa shape index (κ1) is 25.7. The number of nitrogens with one attached hydrogen (secondary N) is 3. The number of hydrogen-bond donors (Lipinski definition) is 3. The normalized spacial score (nSPS) is 11.3. The van der Waals surface area contributed by atoms with Gasteiger partial charge >= 0.3 is 12.2 Å². The van der Waals surface area contributed by atoms with E-state index < -0.39 is 22.8 Å². The molecule has 0 aliphatic heterocycles. The van der Waals surface area contributed by atoms with Gasteiger partial charge < -0.3 is 20.4 Å². The number of amides is 2. The van der Waals surface area contributed by atoms with Crippen LogP contribution in [0.15, 0.2) is 83.5 Å². The van der Waals surface area contributed by atoms with Crippen molar-refractivity contribution in [2.24, 2.45) is 0 Å². The number of benzene rings is 3. The summed E-state index contributed by atoms with van der Waals surface area (Å²) in [7, 11) is 0. The molecule has 0 saturated carbocycles. The summed E-state index contributed by atoms with van der Waals surface area (Å²) >= 11 is 5.63. The number of fused-ring (bicyclic) bond motifs is 1. The molecule has 2 heterocycles. The number of halogens is 4. The molecule has 0 atom stereocenters. The summed E-state index contributed by atoms with van der Waals surface area (Å²) in [4.78, 5) is 32.0. The SMILES string of the molecule is O=Cc1ccc(-c2ccc3ncnc(Nc4cccc(NC(=O)Nc5ccc(Cl)c(C(F)(F)F)c5)c4)c3c2)o1. The first-order valence-electron chi connectivity index (χ1n) is 11.3. The number of rotatable bonds is 6. The van der Waals surface area contributed by atoms with Crippen molar-refractivity contribution in [2.45, 2.75) is 6.18 Å². The van der Waals surface area contributed by atoms with Crippen LogP contribution in [0, 0.1) is 0 Å². The highest BCUT2D eigenvalue weighted by Crippen LogP contribution is 2.36. The van der Waals surface area contributed by atoms with Crippen molar-refractivity contribution in [1.29, 1.82) is 0 Å². The zero-order valence-electron chi connectivity index (χ0n) is 19.7. The number of aldehydes is 1. The zero-order valence-corrected chi connectivity index (χ0v) is 20.5. The minimum Gasteiger partial charge on any atom is -0.453 e. The van der Waals surface area contributed by atoms with Crippen LogP contribution in [0.2, 0.25) is 5.02 Å².